The van der Waals surface area contributed by atoms with Crippen molar-refractivity contribution >= 4 is 16.4 Å². The SMILES string of the molecule is CCCCCCCCCCCCCCCCCCCC(=O)OS(=O)(=O)[O-].[Na+]. The summed E-state index contributed by atoms with van der Waals surface area (Å²) < 4.78 is 34.4. The first-order valence-corrected chi connectivity index (χ1v) is 12.0. The standard InChI is InChI=1S/C20H40O5S.Na/c1-2-3-4-5-6-7-8-9-10-11-12-13-14-15-16-17-18-19-20(21)25-26(22,23)24;/h2-19H2,1H3,(H,22,23,24);/q;+1/p-1. The van der Waals surface area contributed by atoms with Crippen LogP contribution in [0.15, 0.2) is 0 Å². The maximum atomic E-state index is 11.0. The van der Waals surface area contributed by atoms with Crippen LogP contribution < -0.4 is 29.6 Å². The Balaban J connectivity index is 0. The minimum absolute atomic E-state index is 0. The fraction of sp³-hybridized carbons (Fsp3) is 0.950. The van der Waals surface area contributed by atoms with Crippen molar-refractivity contribution < 1.29 is 51.5 Å². The molecule has 0 saturated heterocycles. The summed E-state index contributed by atoms with van der Waals surface area (Å²) in [4.78, 5) is 11.0. The second-order valence-electron chi connectivity index (χ2n) is 7.27. The Morgan fingerprint density at radius 2 is 0.963 bits per heavy atom. The Labute approximate surface area is 189 Å². The van der Waals surface area contributed by atoms with E-state index in [9.17, 15) is 17.8 Å². The van der Waals surface area contributed by atoms with E-state index in [2.05, 4.69) is 11.1 Å². The molecule has 0 aliphatic heterocycles. The van der Waals surface area contributed by atoms with Gasteiger partial charge in [-0.15, -0.1) is 0 Å². The molecule has 27 heavy (non-hydrogen) atoms. The molecule has 0 amide bonds. The molecule has 0 spiro atoms. The fourth-order valence-corrected chi connectivity index (χ4v) is 3.46. The summed E-state index contributed by atoms with van der Waals surface area (Å²) in [7, 11) is -4.90. The van der Waals surface area contributed by atoms with Gasteiger partial charge in [0.15, 0.2) is 0 Å². The van der Waals surface area contributed by atoms with Crippen LogP contribution in [0, 0.1) is 0 Å². The van der Waals surface area contributed by atoms with E-state index in [1.54, 1.807) is 0 Å². The Hall–Kier alpha value is 0.380. The average molecular weight is 415 g/mol. The van der Waals surface area contributed by atoms with Crippen molar-refractivity contribution in [3.8, 4) is 0 Å². The van der Waals surface area contributed by atoms with Crippen LogP contribution in [-0.2, 0) is 19.4 Å². The first-order valence-electron chi connectivity index (χ1n) is 10.6. The molecule has 0 aromatic heterocycles. The minimum atomic E-state index is -4.90. The van der Waals surface area contributed by atoms with Crippen LogP contribution in [0.5, 0.6) is 0 Å². The van der Waals surface area contributed by atoms with Crippen LogP contribution >= 0.6 is 0 Å². The second-order valence-corrected chi connectivity index (χ2v) is 8.25. The predicted molar refractivity (Wildman–Crippen MR) is 105 cm³/mol. The summed E-state index contributed by atoms with van der Waals surface area (Å²) in [5, 5.41) is 0. The predicted octanol–water partition coefficient (Wildman–Crippen LogP) is 3.04. The number of carbonyl (C=O) groups is 1. The van der Waals surface area contributed by atoms with E-state index < -0.39 is 16.4 Å². The van der Waals surface area contributed by atoms with E-state index in [1.807, 2.05) is 0 Å². The van der Waals surface area contributed by atoms with Gasteiger partial charge in [-0.25, -0.2) is 8.42 Å². The molecule has 7 heteroatoms. The molecule has 0 rings (SSSR count). The van der Waals surface area contributed by atoms with Crippen LogP contribution in [0.3, 0.4) is 0 Å². The van der Waals surface area contributed by atoms with Crippen molar-refractivity contribution in [2.24, 2.45) is 0 Å². The quantitative estimate of drug-likeness (QED) is 0.140. The summed E-state index contributed by atoms with van der Waals surface area (Å²) in [5.74, 6) is -0.944. The Bertz CT molecular complexity index is 426. The molecule has 0 aromatic carbocycles. The first-order chi connectivity index (χ1) is 12.5. The van der Waals surface area contributed by atoms with E-state index in [0.29, 0.717) is 6.42 Å². The third-order valence-electron chi connectivity index (χ3n) is 4.68. The summed E-state index contributed by atoms with van der Waals surface area (Å²) in [5.41, 5.74) is 0. The summed E-state index contributed by atoms with van der Waals surface area (Å²) in [6, 6.07) is 0. The second kappa shape index (κ2) is 21.1. The van der Waals surface area contributed by atoms with Gasteiger partial charge in [-0.05, 0) is 6.42 Å². The monoisotopic (exact) mass is 414 g/mol. The zero-order chi connectivity index (χ0) is 19.5. The van der Waals surface area contributed by atoms with Gasteiger partial charge in [0.25, 0.3) is 10.4 Å². The van der Waals surface area contributed by atoms with E-state index in [4.69, 9.17) is 0 Å². The van der Waals surface area contributed by atoms with Crippen molar-refractivity contribution in [2.45, 2.75) is 122 Å². The van der Waals surface area contributed by atoms with E-state index >= 15 is 0 Å². The van der Waals surface area contributed by atoms with Crippen molar-refractivity contribution in [1.82, 2.24) is 0 Å². The summed E-state index contributed by atoms with van der Waals surface area (Å²) in [6.07, 6.45) is 21.2. The van der Waals surface area contributed by atoms with Gasteiger partial charge in [0, 0.05) is 6.42 Å². The van der Waals surface area contributed by atoms with E-state index in [-0.39, 0.29) is 36.0 Å². The molecule has 5 nitrogen and oxygen atoms in total. The number of hydrogen-bond donors (Lipinski definition) is 0. The molecule has 0 N–H and O–H groups in total. The number of unbranched alkanes of at least 4 members (excludes halogenated alkanes) is 16. The van der Waals surface area contributed by atoms with Crippen molar-refractivity contribution in [2.75, 3.05) is 0 Å². The molecule has 0 unspecified atom stereocenters. The maximum absolute atomic E-state index is 11.0. The van der Waals surface area contributed by atoms with Gasteiger partial charge in [0.1, 0.15) is 0 Å². The molecule has 156 valence electrons. The van der Waals surface area contributed by atoms with Gasteiger partial charge >= 0.3 is 35.5 Å². The van der Waals surface area contributed by atoms with Gasteiger partial charge in [-0.1, -0.05) is 110 Å². The van der Waals surface area contributed by atoms with Crippen LogP contribution in [0.1, 0.15) is 122 Å². The fourth-order valence-electron chi connectivity index (χ4n) is 3.15. The summed E-state index contributed by atoms with van der Waals surface area (Å²) >= 11 is 0. The van der Waals surface area contributed by atoms with Gasteiger partial charge in [-0.3, -0.25) is 4.79 Å². The normalized spacial score (nSPS) is 11.2. The molecule has 0 atom stereocenters. The largest absolute Gasteiger partial charge is 1.00 e. The Morgan fingerprint density at radius 1 is 0.667 bits per heavy atom. The van der Waals surface area contributed by atoms with Gasteiger partial charge in [-0.2, -0.15) is 0 Å². The molecule has 0 saturated carbocycles. The zero-order valence-corrected chi connectivity index (χ0v) is 20.5. The number of hydrogen-bond acceptors (Lipinski definition) is 5. The first kappa shape index (κ1) is 29.6. The zero-order valence-electron chi connectivity index (χ0n) is 17.7. The van der Waals surface area contributed by atoms with E-state index in [0.717, 1.165) is 19.3 Å². The van der Waals surface area contributed by atoms with Gasteiger partial charge in [0.2, 0.25) is 0 Å². The third kappa shape index (κ3) is 26.4. The molecular formula is C20H39NaO5S. The maximum Gasteiger partial charge on any atom is 1.00 e. The topological polar surface area (TPSA) is 83.5 Å². The molecule has 0 fully saturated rings. The molecular weight excluding hydrogens is 375 g/mol. The number of rotatable bonds is 19. The molecule has 0 bridgehead atoms. The number of carbonyl (C=O) groups excluding carboxylic acids is 1. The third-order valence-corrected chi connectivity index (χ3v) is 5.07. The van der Waals surface area contributed by atoms with Gasteiger partial charge < -0.3 is 8.74 Å². The van der Waals surface area contributed by atoms with Crippen LogP contribution in [0.4, 0.5) is 0 Å². The van der Waals surface area contributed by atoms with Crippen molar-refractivity contribution in [3.05, 3.63) is 0 Å². The van der Waals surface area contributed by atoms with Crippen molar-refractivity contribution in [1.29, 1.82) is 0 Å². The van der Waals surface area contributed by atoms with Crippen LogP contribution in [0.25, 0.3) is 0 Å². The van der Waals surface area contributed by atoms with Crippen LogP contribution in [0.2, 0.25) is 0 Å². The van der Waals surface area contributed by atoms with Crippen LogP contribution in [-0.4, -0.2) is 18.9 Å². The van der Waals surface area contributed by atoms with Crippen molar-refractivity contribution in [3.63, 3.8) is 0 Å². The molecule has 0 heterocycles. The molecule has 0 aliphatic carbocycles. The average Bonchev–Trinajstić information content (AvgIpc) is 2.56. The summed E-state index contributed by atoms with van der Waals surface area (Å²) in [6.45, 7) is 2.26. The smallest absolute Gasteiger partial charge is 0.716 e. The molecule has 0 aromatic rings. The Kier molecular flexibility index (Phi) is 23.1. The van der Waals surface area contributed by atoms with E-state index in [1.165, 1.54) is 83.5 Å². The minimum Gasteiger partial charge on any atom is -0.716 e. The molecule has 0 aliphatic rings. The Morgan fingerprint density at radius 3 is 1.26 bits per heavy atom. The van der Waals surface area contributed by atoms with Gasteiger partial charge in [0.05, 0.1) is 0 Å². The molecule has 0 radical (unpaired) electrons.